The van der Waals surface area contributed by atoms with Crippen molar-refractivity contribution in [3.05, 3.63) is 33.1 Å². The van der Waals surface area contributed by atoms with Crippen LogP contribution in [-0.4, -0.2) is 36.9 Å². The Balaban J connectivity index is 2.69. The van der Waals surface area contributed by atoms with E-state index >= 15 is 0 Å². The Morgan fingerprint density at radius 1 is 1.42 bits per heavy atom. The molecular weight excluding hydrogens is 362 g/mol. The highest BCUT2D eigenvalue weighted by molar-refractivity contribution is 14.1. The van der Waals surface area contributed by atoms with Gasteiger partial charge in [0.15, 0.2) is 0 Å². The van der Waals surface area contributed by atoms with E-state index in [1.54, 1.807) is 7.05 Å². The summed E-state index contributed by atoms with van der Waals surface area (Å²) in [4.78, 5) is 24.9. The van der Waals surface area contributed by atoms with Crippen molar-refractivity contribution in [1.29, 1.82) is 0 Å². The van der Waals surface area contributed by atoms with Crippen molar-refractivity contribution in [2.24, 2.45) is 0 Å². The minimum absolute atomic E-state index is 0.00765. The smallest absolute Gasteiger partial charge is 0.255 e. The molecule has 0 saturated heterocycles. The van der Waals surface area contributed by atoms with Gasteiger partial charge in [0, 0.05) is 17.2 Å². The summed E-state index contributed by atoms with van der Waals surface area (Å²) in [5, 5.41) is 2.70. The molecule has 2 amide bonds. The first kappa shape index (κ1) is 15.9. The normalized spacial score (nSPS) is 10.1. The van der Waals surface area contributed by atoms with Gasteiger partial charge in [-0.05, 0) is 47.2 Å². The van der Waals surface area contributed by atoms with Crippen LogP contribution in [0, 0.1) is 9.39 Å². The number of amides is 2. The van der Waals surface area contributed by atoms with Gasteiger partial charge >= 0.3 is 0 Å². The summed E-state index contributed by atoms with van der Waals surface area (Å²) >= 11 is 1.90. The molecule has 0 aliphatic heterocycles. The summed E-state index contributed by atoms with van der Waals surface area (Å²) in [7, 11) is 1.55. The van der Waals surface area contributed by atoms with Crippen molar-refractivity contribution in [3.63, 3.8) is 0 Å². The van der Waals surface area contributed by atoms with Gasteiger partial charge in [0.1, 0.15) is 5.82 Å². The van der Waals surface area contributed by atoms with E-state index in [1.165, 1.54) is 23.1 Å². The van der Waals surface area contributed by atoms with Crippen LogP contribution in [0.1, 0.15) is 23.7 Å². The van der Waals surface area contributed by atoms with Crippen LogP contribution >= 0.6 is 22.6 Å². The number of nitrogens with one attached hydrogen (secondary N) is 1. The van der Waals surface area contributed by atoms with Gasteiger partial charge in [0.05, 0.1) is 12.1 Å². The summed E-state index contributed by atoms with van der Waals surface area (Å²) in [6.45, 7) is 2.54. The third-order valence-corrected chi connectivity index (χ3v) is 3.35. The van der Waals surface area contributed by atoms with E-state index in [0.717, 1.165) is 6.42 Å². The maximum Gasteiger partial charge on any atom is 0.255 e. The molecule has 1 aromatic rings. The highest BCUT2D eigenvalue weighted by atomic mass is 127. The first-order valence-electron chi connectivity index (χ1n) is 5.93. The molecule has 0 unspecified atom stereocenters. The number of benzene rings is 1. The molecule has 104 valence electrons. The second kappa shape index (κ2) is 7.42. The fourth-order valence-corrected chi connectivity index (χ4v) is 2.18. The van der Waals surface area contributed by atoms with Crippen molar-refractivity contribution in [2.75, 3.05) is 20.1 Å². The number of carbonyl (C=O) groups is 2. The van der Waals surface area contributed by atoms with Crippen LogP contribution in [0.5, 0.6) is 0 Å². The number of hydrogen-bond acceptors (Lipinski definition) is 2. The SMILES string of the molecule is CCCNC(=O)CN(C)C(=O)c1ccc(F)cc1I. The number of nitrogens with zero attached hydrogens (tertiary/aromatic N) is 1. The number of halogens is 2. The molecule has 0 aliphatic rings. The molecule has 0 atom stereocenters. The average Bonchev–Trinajstić information content (AvgIpc) is 2.35. The Hall–Kier alpha value is -1.18. The highest BCUT2D eigenvalue weighted by Gasteiger charge is 2.17. The zero-order valence-corrected chi connectivity index (χ0v) is 13.0. The lowest BCUT2D eigenvalue weighted by Crippen LogP contribution is -2.38. The Morgan fingerprint density at radius 2 is 2.11 bits per heavy atom. The molecule has 0 radical (unpaired) electrons. The molecule has 1 rings (SSSR count). The standard InChI is InChI=1S/C13H16FIN2O2/c1-3-6-16-12(18)8-17(2)13(19)10-5-4-9(14)7-11(10)15/h4-5,7H,3,6,8H2,1-2H3,(H,16,18). The van der Waals surface area contributed by atoms with E-state index in [9.17, 15) is 14.0 Å². The molecule has 1 N–H and O–H groups in total. The second-order valence-electron chi connectivity index (χ2n) is 4.14. The third kappa shape index (κ3) is 4.77. The van der Waals surface area contributed by atoms with Gasteiger partial charge < -0.3 is 10.2 Å². The van der Waals surface area contributed by atoms with Crippen molar-refractivity contribution in [1.82, 2.24) is 10.2 Å². The molecule has 0 heterocycles. The van der Waals surface area contributed by atoms with Gasteiger partial charge in [-0.1, -0.05) is 6.92 Å². The summed E-state index contributed by atoms with van der Waals surface area (Å²) in [6, 6.07) is 3.96. The zero-order valence-electron chi connectivity index (χ0n) is 10.9. The Bertz CT molecular complexity index is 480. The Morgan fingerprint density at radius 3 is 2.68 bits per heavy atom. The topological polar surface area (TPSA) is 49.4 Å². The van der Waals surface area contributed by atoms with Gasteiger partial charge in [0.25, 0.3) is 5.91 Å². The van der Waals surface area contributed by atoms with E-state index in [2.05, 4.69) is 5.32 Å². The fraction of sp³-hybridized carbons (Fsp3) is 0.385. The fourth-order valence-electron chi connectivity index (χ4n) is 1.48. The van der Waals surface area contributed by atoms with Crippen LogP contribution in [0.3, 0.4) is 0 Å². The van der Waals surface area contributed by atoms with Crippen LogP contribution in [0.15, 0.2) is 18.2 Å². The van der Waals surface area contributed by atoms with Gasteiger partial charge in [0.2, 0.25) is 5.91 Å². The molecular formula is C13H16FIN2O2. The number of rotatable bonds is 5. The van der Waals surface area contributed by atoms with E-state index in [-0.39, 0.29) is 24.2 Å². The van der Waals surface area contributed by atoms with E-state index < -0.39 is 0 Å². The molecule has 4 nitrogen and oxygen atoms in total. The Labute approximate surface area is 125 Å². The van der Waals surface area contributed by atoms with Gasteiger partial charge in [-0.25, -0.2) is 4.39 Å². The van der Waals surface area contributed by atoms with Crippen molar-refractivity contribution in [3.8, 4) is 0 Å². The monoisotopic (exact) mass is 378 g/mol. The first-order chi connectivity index (χ1) is 8.95. The summed E-state index contributed by atoms with van der Waals surface area (Å²) < 4.78 is 13.5. The molecule has 0 fully saturated rings. The number of carbonyl (C=O) groups excluding carboxylic acids is 2. The van der Waals surface area contributed by atoms with E-state index in [4.69, 9.17) is 0 Å². The highest BCUT2D eigenvalue weighted by Crippen LogP contribution is 2.15. The minimum Gasteiger partial charge on any atom is -0.355 e. The quantitative estimate of drug-likeness (QED) is 0.798. The maximum atomic E-state index is 13.0. The molecule has 0 aliphatic carbocycles. The van der Waals surface area contributed by atoms with Gasteiger partial charge in [-0.3, -0.25) is 9.59 Å². The first-order valence-corrected chi connectivity index (χ1v) is 7.00. The predicted molar refractivity (Wildman–Crippen MR) is 79.4 cm³/mol. The largest absolute Gasteiger partial charge is 0.355 e. The molecule has 6 heteroatoms. The number of likely N-dealkylation sites (N-methyl/N-ethyl adjacent to an activating group) is 1. The summed E-state index contributed by atoms with van der Waals surface area (Å²) in [5.74, 6) is -0.879. The summed E-state index contributed by atoms with van der Waals surface area (Å²) in [6.07, 6.45) is 0.846. The lowest BCUT2D eigenvalue weighted by atomic mass is 10.2. The third-order valence-electron chi connectivity index (χ3n) is 2.46. The predicted octanol–water partition coefficient (Wildman–Crippen LogP) is 2.03. The second-order valence-corrected chi connectivity index (χ2v) is 5.30. The van der Waals surface area contributed by atoms with Gasteiger partial charge in [-0.15, -0.1) is 0 Å². The molecule has 0 saturated carbocycles. The molecule has 19 heavy (non-hydrogen) atoms. The van der Waals surface area contributed by atoms with Crippen LogP contribution in [-0.2, 0) is 4.79 Å². The van der Waals surface area contributed by atoms with Gasteiger partial charge in [-0.2, -0.15) is 0 Å². The zero-order chi connectivity index (χ0) is 14.4. The minimum atomic E-state index is -0.385. The van der Waals surface area contributed by atoms with Crippen LogP contribution in [0.4, 0.5) is 4.39 Å². The van der Waals surface area contributed by atoms with Crippen molar-refractivity contribution in [2.45, 2.75) is 13.3 Å². The van der Waals surface area contributed by atoms with Crippen LogP contribution in [0.25, 0.3) is 0 Å². The van der Waals surface area contributed by atoms with Crippen LogP contribution in [0.2, 0.25) is 0 Å². The lowest BCUT2D eigenvalue weighted by Gasteiger charge is -2.17. The van der Waals surface area contributed by atoms with E-state index in [0.29, 0.717) is 15.7 Å². The summed E-state index contributed by atoms with van der Waals surface area (Å²) in [5.41, 5.74) is 0.396. The molecule has 1 aromatic carbocycles. The van der Waals surface area contributed by atoms with E-state index in [1.807, 2.05) is 29.5 Å². The molecule has 0 spiro atoms. The number of hydrogen-bond donors (Lipinski definition) is 1. The average molecular weight is 378 g/mol. The van der Waals surface area contributed by atoms with Crippen molar-refractivity contribution >= 4 is 34.4 Å². The van der Waals surface area contributed by atoms with Crippen molar-refractivity contribution < 1.29 is 14.0 Å². The molecule has 0 bridgehead atoms. The van der Waals surface area contributed by atoms with Crippen LogP contribution < -0.4 is 5.32 Å². The maximum absolute atomic E-state index is 13.0. The molecule has 0 aromatic heterocycles. The lowest BCUT2D eigenvalue weighted by molar-refractivity contribution is -0.121. The Kier molecular flexibility index (Phi) is 6.20.